The van der Waals surface area contributed by atoms with Crippen LogP contribution in [0.25, 0.3) is 0 Å². The summed E-state index contributed by atoms with van der Waals surface area (Å²) in [5, 5.41) is 14.0. The summed E-state index contributed by atoms with van der Waals surface area (Å²) in [6, 6.07) is 10.8. The monoisotopic (exact) mass is 421 g/mol. The van der Waals surface area contributed by atoms with E-state index >= 15 is 0 Å². The van der Waals surface area contributed by atoms with Crippen LogP contribution in [0.4, 0.5) is 24.5 Å². The predicted molar refractivity (Wildman–Crippen MR) is 106 cm³/mol. The topological polar surface area (TPSA) is 75.5 Å². The quantitative estimate of drug-likeness (QED) is 0.561. The van der Waals surface area contributed by atoms with Crippen LogP contribution in [0.15, 0.2) is 48.5 Å². The number of carbonyl (C=O) groups excluding carboxylic acids is 1. The number of nitrogens with one attached hydrogen (secondary N) is 1. The van der Waals surface area contributed by atoms with Gasteiger partial charge in [-0.1, -0.05) is 24.3 Å². The number of halogens is 3. The van der Waals surface area contributed by atoms with Gasteiger partial charge in [0.1, 0.15) is 5.69 Å². The van der Waals surface area contributed by atoms with Gasteiger partial charge in [0.05, 0.1) is 16.5 Å². The number of para-hydroxylation sites is 2. The lowest BCUT2D eigenvalue weighted by Gasteiger charge is -2.33. The molecule has 1 fully saturated rings. The lowest BCUT2D eigenvalue weighted by atomic mass is 9.94. The zero-order valence-electron chi connectivity index (χ0n) is 16.4. The SMILES string of the molecule is CC(NC(=O)C1CCN(c2ccccc2[N+](=O)[O-])CC1)c1cccc(C(F)(F)F)c1. The van der Waals surface area contributed by atoms with Crippen LogP contribution >= 0.6 is 0 Å². The van der Waals surface area contributed by atoms with Gasteiger partial charge in [-0.05, 0) is 43.5 Å². The molecule has 6 nitrogen and oxygen atoms in total. The highest BCUT2D eigenvalue weighted by Crippen LogP contribution is 2.32. The molecule has 1 aliphatic heterocycles. The van der Waals surface area contributed by atoms with Crippen molar-refractivity contribution in [2.45, 2.75) is 32.0 Å². The van der Waals surface area contributed by atoms with E-state index in [9.17, 15) is 28.1 Å². The second kappa shape index (κ2) is 8.73. The summed E-state index contributed by atoms with van der Waals surface area (Å²) in [7, 11) is 0. The van der Waals surface area contributed by atoms with E-state index in [-0.39, 0.29) is 17.5 Å². The third-order valence-corrected chi connectivity index (χ3v) is 5.36. The summed E-state index contributed by atoms with van der Waals surface area (Å²) in [6.07, 6.45) is -3.42. The number of hydrogen-bond acceptors (Lipinski definition) is 4. The van der Waals surface area contributed by atoms with Crippen LogP contribution in [-0.2, 0) is 11.0 Å². The summed E-state index contributed by atoms with van der Waals surface area (Å²) in [6.45, 7) is 2.62. The van der Waals surface area contributed by atoms with E-state index in [0.29, 0.717) is 37.2 Å². The number of alkyl halides is 3. The Labute approximate surface area is 171 Å². The summed E-state index contributed by atoms with van der Waals surface area (Å²) in [5.74, 6) is -0.514. The average molecular weight is 421 g/mol. The maximum atomic E-state index is 12.9. The van der Waals surface area contributed by atoms with Crippen molar-refractivity contribution in [3.63, 3.8) is 0 Å². The molecule has 1 atom stereocenters. The number of amides is 1. The zero-order valence-corrected chi connectivity index (χ0v) is 16.4. The van der Waals surface area contributed by atoms with Gasteiger partial charge >= 0.3 is 6.18 Å². The highest BCUT2D eigenvalue weighted by Gasteiger charge is 2.32. The highest BCUT2D eigenvalue weighted by molar-refractivity contribution is 5.79. The van der Waals surface area contributed by atoms with Crippen LogP contribution in [-0.4, -0.2) is 23.9 Å². The second-order valence-electron chi connectivity index (χ2n) is 7.36. The summed E-state index contributed by atoms with van der Waals surface area (Å²) >= 11 is 0. The van der Waals surface area contributed by atoms with Crippen LogP contribution < -0.4 is 10.2 Å². The predicted octanol–water partition coefficient (Wildman–Crippen LogP) is 4.71. The van der Waals surface area contributed by atoms with Gasteiger partial charge in [0.25, 0.3) is 5.69 Å². The number of benzene rings is 2. The molecule has 2 aromatic carbocycles. The van der Waals surface area contributed by atoms with E-state index in [4.69, 9.17) is 0 Å². The summed E-state index contributed by atoms with van der Waals surface area (Å²) in [5.41, 5.74) is 0.187. The summed E-state index contributed by atoms with van der Waals surface area (Å²) < 4.78 is 38.7. The standard InChI is InChI=1S/C21H22F3N3O3/c1-14(16-5-4-6-17(13-16)21(22,23)24)25-20(28)15-9-11-26(12-10-15)18-7-2-3-8-19(18)27(29)30/h2-8,13-15H,9-12H2,1H3,(H,25,28). The highest BCUT2D eigenvalue weighted by atomic mass is 19.4. The third kappa shape index (κ3) is 4.90. The van der Waals surface area contributed by atoms with Crippen molar-refractivity contribution in [3.8, 4) is 0 Å². The number of nitrogens with zero attached hydrogens (tertiary/aromatic N) is 2. The van der Waals surface area contributed by atoms with Crippen LogP contribution in [0.2, 0.25) is 0 Å². The Kier molecular flexibility index (Phi) is 6.28. The normalized spacial score (nSPS) is 16.2. The van der Waals surface area contributed by atoms with Gasteiger partial charge in [0, 0.05) is 25.1 Å². The van der Waals surface area contributed by atoms with Crippen LogP contribution in [0, 0.1) is 16.0 Å². The van der Waals surface area contributed by atoms with Gasteiger partial charge in [-0.15, -0.1) is 0 Å². The minimum atomic E-state index is -4.44. The van der Waals surface area contributed by atoms with Crippen LogP contribution in [0.5, 0.6) is 0 Å². The van der Waals surface area contributed by atoms with Crippen molar-refractivity contribution in [1.82, 2.24) is 5.32 Å². The molecule has 30 heavy (non-hydrogen) atoms. The van der Waals surface area contributed by atoms with E-state index in [1.165, 1.54) is 12.1 Å². The second-order valence-corrected chi connectivity index (χ2v) is 7.36. The zero-order chi connectivity index (χ0) is 21.9. The first-order valence-electron chi connectivity index (χ1n) is 9.62. The maximum absolute atomic E-state index is 12.9. The van der Waals surface area contributed by atoms with Crippen molar-refractivity contribution >= 4 is 17.3 Å². The van der Waals surface area contributed by atoms with Gasteiger partial charge in [0.2, 0.25) is 5.91 Å². The van der Waals surface area contributed by atoms with Gasteiger partial charge < -0.3 is 10.2 Å². The molecule has 1 aliphatic rings. The van der Waals surface area contributed by atoms with E-state index in [1.54, 1.807) is 31.2 Å². The third-order valence-electron chi connectivity index (χ3n) is 5.36. The van der Waals surface area contributed by atoms with Crippen LogP contribution in [0.3, 0.4) is 0 Å². The van der Waals surface area contributed by atoms with Crippen molar-refractivity contribution < 1.29 is 22.9 Å². The molecule has 0 radical (unpaired) electrons. The molecular formula is C21H22F3N3O3. The fraction of sp³-hybridized carbons (Fsp3) is 0.381. The Bertz CT molecular complexity index is 925. The molecule has 0 spiro atoms. The lowest BCUT2D eigenvalue weighted by molar-refractivity contribution is -0.384. The molecule has 0 aliphatic carbocycles. The number of carbonyl (C=O) groups is 1. The first kappa shape index (κ1) is 21.6. The first-order chi connectivity index (χ1) is 14.2. The minimum absolute atomic E-state index is 0.0265. The van der Waals surface area contributed by atoms with E-state index in [2.05, 4.69) is 5.32 Å². The van der Waals surface area contributed by atoms with Gasteiger partial charge in [-0.3, -0.25) is 14.9 Å². The minimum Gasteiger partial charge on any atom is -0.366 e. The molecule has 1 amide bonds. The van der Waals surface area contributed by atoms with Crippen LogP contribution in [0.1, 0.15) is 36.9 Å². The Morgan fingerprint density at radius 2 is 1.83 bits per heavy atom. The fourth-order valence-electron chi connectivity index (χ4n) is 3.67. The first-order valence-corrected chi connectivity index (χ1v) is 9.62. The number of anilines is 1. The molecule has 0 bridgehead atoms. The molecule has 0 saturated carbocycles. The summed E-state index contributed by atoms with van der Waals surface area (Å²) in [4.78, 5) is 25.3. The Hall–Kier alpha value is -3.10. The Balaban J connectivity index is 1.60. The van der Waals surface area contributed by atoms with Crippen molar-refractivity contribution in [2.24, 2.45) is 5.92 Å². The Morgan fingerprint density at radius 3 is 2.47 bits per heavy atom. The molecular weight excluding hydrogens is 399 g/mol. The molecule has 1 heterocycles. The molecule has 9 heteroatoms. The van der Waals surface area contributed by atoms with Crippen molar-refractivity contribution in [1.29, 1.82) is 0 Å². The number of hydrogen-bond donors (Lipinski definition) is 1. The molecule has 160 valence electrons. The molecule has 2 aromatic rings. The van der Waals surface area contributed by atoms with Crippen molar-refractivity contribution in [3.05, 3.63) is 69.8 Å². The van der Waals surface area contributed by atoms with Gasteiger partial charge in [0.15, 0.2) is 0 Å². The Morgan fingerprint density at radius 1 is 1.17 bits per heavy atom. The van der Waals surface area contributed by atoms with Gasteiger partial charge in [-0.2, -0.15) is 13.2 Å². The molecule has 1 unspecified atom stereocenters. The number of nitro benzene ring substituents is 1. The fourth-order valence-corrected chi connectivity index (χ4v) is 3.67. The largest absolute Gasteiger partial charge is 0.416 e. The van der Waals surface area contributed by atoms with Gasteiger partial charge in [-0.25, -0.2) is 0 Å². The lowest BCUT2D eigenvalue weighted by Crippen LogP contribution is -2.41. The van der Waals surface area contributed by atoms with E-state index in [1.807, 2.05) is 4.90 Å². The smallest absolute Gasteiger partial charge is 0.366 e. The molecule has 1 saturated heterocycles. The number of rotatable bonds is 5. The molecule has 0 aromatic heterocycles. The maximum Gasteiger partial charge on any atom is 0.416 e. The number of piperidine rings is 1. The van der Waals surface area contributed by atoms with Crippen molar-refractivity contribution in [2.75, 3.05) is 18.0 Å². The number of nitro groups is 1. The molecule has 3 rings (SSSR count). The van der Waals surface area contributed by atoms with E-state index in [0.717, 1.165) is 12.1 Å². The van der Waals surface area contributed by atoms with E-state index < -0.39 is 22.7 Å². The molecule has 1 N–H and O–H groups in total. The average Bonchev–Trinajstić information content (AvgIpc) is 2.73.